The summed E-state index contributed by atoms with van der Waals surface area (Å²) < 4.78 is 4.28. The molecule has 3 heteroatoms. The van der Waals surface area contributed by atoms with Gasteiger partial charge in [-0.3, -0.25) is 0 Å². The molecule has 0 saturated carbocycles. The Labute approximate surface area is 87.9 Å². The van der Waals surface area contributed by atoms with Gasteiger partial charge in [-0.05, 0) is 24.4 Å². The number of hydrogen-bond donors (Lipinski definition) is 0. The van der Waals surface area contributed by atoms with Gasteiger partial charge in [0.25, 0.3) is 0 Å². The van der Waals surface area contributed by atoms with E-state index >= 15 is 0 Å². The summed E-state index contributed by atoms with van der Waals surface area (Å²) in [5, 5.41) is 1.01. The second-order valence-electron chi connectivity index (χ2n) is 3.36. The zero-order chi connectivity index (χ0) is 9.97. The minimum absolute atomic E-state index is 0.489. The van der Waals surface area contributed by atoms with Crippen LogP contribution in [0.2, 0.25) is 0 Å². The molecule has 2 nitrogen and oxygen atoms in total. The van der Waals surface area contributed by atoms with E-state index in [0.717, 1.165) is 16.4 Å². The van der Waals surface area contributed by atoms with Crippen LogP contribution in [0.15, 0.2) is 30.4 Å². The molecule has 0 spiro atoms. The Balaban J connectivity index is 2.32. The maximum Gasteiger partial charge on any atom is 0.172 e. The SMILES string of the molecule is Cc1nc(C2=CC=CC(C)C=C2)ns1. The Hall–Kier alpha value is -1.22. The van der Waals surface area contributed by atoms with Crippen molar-refractivity contribution in [1.82, 2.24) is 9.36 Å². The molecule has 0 bridgehead atoms. The molecule has 1 aromatic heterocycles. The van der Waals surface area contributed by atoms with Gasteiger partial charge >= 0.3 is 0 Å². The van der Waals surface area contributed by atoms with Crippen molar-refractivity contribution < 1.29 is 0 Å². The average molecular weight is 204 g/mol. The molecule has 0 radical (unpaired) electrons. The number of aromatic nitrogens is 2. The summed E-state index contributed by atoms with van der Waals surface area (Å²) in [6, 6.07) is 0. The fraction of sp³-hybridized carbons (Fsp3) is 0.273. The molecule has 0 N–H and O–H groups in total. The molecule has 0 fully saturated rings. The van der Waals surface area contributed by atoms with Crippen LogP contribution in [0, 0.1) is 12.8 Å². The average Bonchev–Trinajstić information content (AvgIpc) is 2.46. The van der Waals surface area contributed by atoms with Gasteiger partial charge in [0.1, 0.15) is 5.01 Å². The molecule has 14 heavy (non-hydrogen) atoms. The van der Waals surface area contributed by atoms with E-state index in [1.54, 1.807) is 0 Å². The van der Waals surface area contributed by atoms with Gasteiger partial charge in [-0.2, -0.15) is 4.37 Å². The molecular weight excluding hydrogens is 192 g/mol. The van der Waals surface area contributed by atoms with Gasteiger partial charge in [-0.25, -0.2) is 4.98 Å². The van der Waals surface area contributed by atoms with Crippen molar-refractivity contribution in [3.05, 3.63) is 41.2 Å². The van der Waals surface area contributed by atoms with Crippen LogP contribution in [0.25, 0.3) is 5.57 Å². The van der Waals surface area contributed by atoms with Crippen molar-refractivity contribution in [2.45, 2.75) is 13.8 Å². The van der Waals surface area contributed by atoms with Crippen molar-refractivity contribution in [1.29, 1.82) is 0 Å². The lowest BCUT2D eigenvalue weighted by atomic mass is 10.1. The number of hydrogen-bond acceptors (Lipinski definition) is 3. The molecule has 0 aliphatic heterocycles. The fourth-order valence-electron chi connectivity index (χ4n) is 1.28. The van der Waals surface area contributed by atoms with Crippen molar-refractivity contribution in [3.8, 4) is 0 Å². The van der Waals surface area contributed by atoms with Crippen LogP contribution >= 0.6 is 11.5 Å². The Kier molecular flexibility index (Phi) is 2.59. The van der Waals surface area contributed by atoms with Gasteiger partial charge in [-0.15, -0.1) is 0 Å². The van der Waals surface area contributed by atoms with Crippen LogP contribution < -0.4 is 0 Å². The Morgan fingerprint density at radius 1 is 1.36 bits per heavy atom. The van der Waals surface area contributed by atoms with Gasteiger partial charge in [0.15, 0.2) is 5.82 Å². The molecule has 1 aliphatic carbocycles. The quantitative estimate of drug-likeness (QED) is 0.702. The van der Waals surface area contributed by atoms with E-state index < -0.39 is 0 Å². The van der Waals surface area contributed by atoms with Crippen LogP contribution in [0.3, 0.4) is 0 Å². The minimum atomic E-state index is 0.489. The molecule has 0 aromatic carbocycles. The number of aryl methyl sites for hydroxylation is 1. The van der Waals surface area contributed by atoms with Crippen molar-refractivity contribution >= 4 is 17.1 Å². The zero-order valence-electron chi connectivity index (χ0n) is 8.27. The second-order valence-corrected chi connectivity index (χ2v) is 4.32. The first-order valence-corrected chi connectivity index (χ1v) is 5.40. The van der Waals surface area contributed by atoms with Crippen molar-refractivity contribution in [3.63, 3.8) is 0 Å². The lowest BCUT2D eigenvalue weighted by Gasteiger charge is -1.94. The van der Waals surface area contributed by atoms with E-state index in [1.165, 1.54) is 11.5 Å². The highest BCUT2D eigenvalue weighted by Gasteiger charge is 2.05. The van der Waals surface area contributed by atoms with E-state index in [0.29, 0.717) is 5.92 Å². The summed E-state index contributed by atoms with van der Waals surface area (Å²) in [6.45, 7) is 4.13. The standard InChI is InChI=1S/C11H12N2S/c1-8-4-3-5-10(7-6-8)11-12-9(2)14-13-11/h3-8H,1-2H3. The highest BCUT2D eigenvalue weighted by molar-refractivity contribution is 7.05. The van der Waals surface area contributed by atoms with Crippen LogP contribution in [0.5, 0.6) is 0 Å². The normalized spacial score (nSPS) is 20.7. The number of allylic oxidation sites excluding steroid dienone is 6. The van der Waals surface area contributed by atoms with Gasteiger partial charge in [0.05, 0.1) is 0 Å². The molecule has 1 unspecified atom stereocenters. The third kappa shape index (κ3) is 1.99. The topological polar surface area (TPSA) is 25.8 Å². The van der Waals surface area contributed by atoms with Crippen LogP contribution in [0.1, 0.15) is 17.8 Å². The smallest absolute Gasteiger partial charge is 0.172 e. The van der Waals surface area contributed by atoms with E-state index in [2.05, 4.69) is 46.7 Å². The molecule has 1 atom stereocenters. The highest BCUT2D eigenvalue weighted by Crippen LogP contribution is 2.18. The first kappa shape index (κ1) is 9.34. The summed E-state index contributed by atoms with van der Waals surface area (Å²) in [6.07, 6.45) is 10.5. The van der Waals surface area contributed by atoms with Crippen LogP contribution in [-0.2, 0) is 0 Å². The third-order valence-corrected chi connectivity index (χ3v) is 2.68. The predicted octanol–water partition coefficient (Wildman–Crippen LogP) is 2.99. The summed E-state index contributed by atoms with van der Waals surface area (Å²) in [5.74, 6) is 1.32. The molecule has 0 saturated heterocycles. The molecule has 1 heterocycles. The van der Waals surface area contributed by atoms with Gasteiger partial charge < -0.3 is 0 Å². The Morgan fingerprint density at radius 3 is 2.93 bits per heavy atom. The van der Waals surface area contributed by atoms with Crippen molar-refractivity contribution in [2.24, 2.45) is 5.92 Å². The molecule has 2 rings (SSSR count). The van der Waals surface area contributed by atoms with Gasteiger partial charge in [-0.1, -0.05) is 37.3 Å². The lowest BCUT2D eigenvalue weighted by molar-refractivity contribution is 0.943. The van der Waals surface area contributed by atoms with Crippen LogP contribution in [-0.4, -0.2) is 9.36 Å². The van der Waals surface area contributed by atoms with E-state index in [1.807, 2.05) is 6.92 Å². The summed E-state index contributed by atoms with van der Waals surface area (Å²) in [5.41, 5.74) is 1.09. The fourth-order valence-corrected chi connectivity index (χ4v) is 1.77. The molecule has 0 amide bonds. The molecule has 1 aromatic rings. The third-order valence-electron chi connectivity index (χ3n) is 2.06. The maximum absolute atomic E-state index is 4.36. The Bertz CT molecular complexity index is 413. The first-order valence-electron chi connectivity index (χ1n) is 4.63. The predicted molar refractivity (Wildman–Crippen MR) is 60.1 cm³/mol. The summed E-state index contributed by atoms with van der Waals surface area (Å²) >= 11 is 1.45. The highest BCUT2D eigenvalue weighted by atomic mass is 32.1. The van der Waals surface area contributed by atoms with Gasteiger partial charge in [0.2, 0.25) is 0 Å². The second kappa shape index (κ2) is 3.88. The summed E-state index contributed by atoms with van der Waals surface area (Å²) in [7, 11) is 0. The molecular formula is C11H12N2S. The number of nitrogens with zero attached hydrogens (tertiary/aromatic N) is 2. The maximum atomic E-state index is 4.36. The van der Waals surface area contributed by atoms with Crippen LogP contribution in [0.4, 0.5) is 0 Å². The monoisotopic (exact) mass is 204 g/mol. The zero-order valence-corrected chi connectivity index (χ0v) is 9.08. The van der Waals surface area contributed by atoms with E-state index in [9.17, 15) is 0 Å². The number of rotatable bonds is 1. The largest absolute Gasteiger partial charge is 0.220 e. The summed E-state index contributed by atoms with van der Waals surface area (Å²) in [4.78, 5) is 4.36. The van der Waals surface area contributed by atoms with E-state index in [4.69, 9.17) is 0 Å². The Morgan fingerprint density at radius 2 is 2.21 bits per heavy atom. The minimum Gasteiger partial charge on any atom is -0.220 e. The lowest BCUT2D eigenvalue weighted by Crippen LogP contribution is -1.84. The van der Waals surface area contributed by atoms with Crippen molar-refractivity contribution in [2.75, 3.05) is 0 Å². The first-order chi connectivity index (χ1) is 6.75. The van der Waals surface area contributed by atoms with Gasteiger partial charge in [0, 0.05) is 5.57 Å². The molecule has 1 aliphatic rings. The molecule has 72 valence electrons. The van der Waals surface area contributed by atoms with E-state index in [-0.39, 0.29) is 0 Å².